The number of halogens is 1. The average molecular weight is 730 g/mol. The Balaban J connectivity index is 1.20. The lowest BCUT2D eigenvalue weighted by Gasteiger charge is -2.22. The van der Waals surface area contributed by atoms with Gasteiger partial charge in [-0.05, 0) is 58.5 Å². The number of primary amides is 1. The molecule has 0 saturated heterocycles. The summed E-state index contributed by atoms with van der Waals surface area (Å²) in [6, 6.07) is 37.0. The summed E-state index contributed by atoms with van der Waals surface area (Å²) >= 11 is 6.10. The molecular formula is C43H40ClN3O6. The molecule has 0 radical (unpaired) electrons. The molecule has 0 spiro atoms. The first-order chi connectivity index (χ1) is 25.7. The van der Waals surface area contributed by atoms with E-state index in [1.165, 1.54) is 0 Å². The molecule has 0 aliphatic rings. The van der Waals surface area contributed by atoms with Crippen molar-refractivity contribution >= 4 is 57.0 Å². The second-order valence-corrected chi connectivity index (χ2v) is 13.4. The maximum absolute atomic E-state index is 14.0. The van der Waals surface area contributed by atoms with E-state index < -0.39 is 35.9 Å². The van der Waals surface area contributed by atoms with Crippen LogP contribution in [0.2, 0.25) is 5.02 Å². The average Bonchev–Trinajstić information content (AvgIpc) is 3.52. The van der Waals surface area contributed by atoms with Gasteiger partial charge in [-0.25, -0.2) is 4.79 Å². The lowest BCUT2D eigenvalue weighted by atomic mass is 10.0. The van der Waals surface area contributed by atoms with Gasteiger partial charge in [0.1, 0.15) is 18.8 Å². The molecule has 0 aliphatic heterocycles. The predicted octanol–water partition coefficient (Wildman–Crippen LogP) is 7.54. The molecule has 9 nitrogen and oxygen atoms in total. The molecule has 10 heteroatoms. The van der Waals surface area contributed by atoms with Crippen molar-refractivity contribution in [1.82, 2.24) is 9.88 Å². The van der Waals surface area contributed by atoms with Crippen molar-refractivity contribution in [1.29, 1.82) is 0 Å². The molecule has 5 aromatic carbocycles. The number of hydrogen-bond donors (Lipinski definition) is 2. The second kappa shape index (κ2) is 17.5. The van der Waals surface area contributed by atoms with Crippen LogP contribution in [0.5, 0.6) is 0 Å². The number of carbonyl (C=O) groups is 4. The van der Waals surface area contributed by atoms with E-state index in [1.807, 2.05) is 126 Å². The SMILES string of the molecule is NC(=O)C[C@H](Cc1ccc2ccccc2c1)OC(=O)[C@H](CCCC(=O)OCc1ccccc1)NC(=O)c1cn(Cc2ccc(Cl)cc2)c2ccccc12. The molecule has 6 aromatic rings. The van der Waals surface area contributed by atoms with Crippen molar-refractivity contribution in [3.05, 3.63) is 155 Å². The number of hydrogen-bond acceptors (Lipinski definition) is 6. The molecule has 0 saturated carbocycles. The first kappa shape index (κ1) is 36.8. The third kappa shape index (κ3) is 10.1. The van der Waals surface area contributed by atoms with Crippen molar-refractivity contribution in [3.63, 3.8) is 0 Å². The maximum Gasteiger partial charge on any atom is 0.328 e. The van der Waals surface area contributed by atoms with E-state index >= 15 is 0 Å². The van der Waals surface area contributed by atoms with Gasteiger partial charge in [-0.15, -0.1) is 0 Å². The fraction of sp³-hybridized carbons (Fsp3) is 0.209. The molecule has 1 heterocycles. The van der Waals surface area contributed by atoms with Crippen molar-refractivity contribution in [2.24, 2.45) is 5.73 Å². The Kier molecular flexibility index (Phi) is 12.2. The maximum atomic E-state index is 14.0. The van der Waals surface area contributed by atoms with Crippen LogP contribution in [0.25, 0.3) is 21.7 Å². The minimum Gasteiger partial charge on any atom is -0.461 e. The van der Waals surface area contributed by atoms with Crippen molar-refractivity contribution in [3.8, 4) is 0 Å². The zero-order chi connectivity index (χ0) is 37.2. The molecule has 0 bridgehead atoms. The number of fused-ring (bicyclic) bond motifs is 2. The Morgan fingerprint density at radius 1 is 0.774 bits per heavy atom. The number of nitrogens with zero attached hydrogens (tertiary/aromatic N) is 1. The van der Waals surface area contributed by atoms with Crippen molar-refractivity contribution in [2.45, 2.75) is 57.4 Å². The topological polar surface area (TPSA) is 130 Å². The van der Waals surface area contributed by atoms with Crippen LogP contribution in [-0.2, 0) is 43.4 Å². The number of carbonyl (C=O) groups excluding carboxylic acids is 4. The highest BCUT2D eigenvalue weighted by molar-refractivity contribution is 6.30. The highest BCUT2D eigenvalue weighted by Crippen LogP contribution is 2.24. The Hall–Kier alpha value is -5.93. The van der Waals surface area contributed by atoms with Crippen molar-refractivity contribution < 1.29 is 28.7 Å². The van der Waals surface area contributed by atoms with Crippen LogP contribution in [0.15, 0.2) is 128 Å². The van der Waals surface area contributed by atoms with Crippen LogP contribution in [0.3, 0.4) is 0 Å². The van der Waals surface area contributed by atoms with E-state index in [4.69, 9.17) is 26.8 Å². The third-order valence-electron chi connectivity index (χ3n) is 8.99. The monoisotopic (exact) mass is 729 g/mol. The summed E-state index contributed by atoms with van der Waals surface area (Å²) in [7, 11) is 0. The molecule has 0 aliphatic carbocycles. The smallest absolute Gasteiger partial charge is 0.328 e. The largest absolute Gasteiger partial charge is 0.461 e. The summed E-state index contributed by atoms with van der Waals surface area (Å²) in [6.45, 7) is 0.622. The van der Waals surface area contributed by atoms with Crippen LogP contribution in [0.1, 0.15) is 52.7 Å². The van der Waals surface area contributed by atoms with Crippen molar-refractivity contribution in [2.75, 3.05) is 0 Å². The number of ether oxygens (including phenoxy) is 2. The third-order valence-corrected chi connectivity index (χ3v) is 9.25. The Bertz CT molecular complexity index is 2220. The van der Waals surface area contributed by atoms with E-state index in [0.717, 1.165) is 33.0 Å². The predicted molar refractivity (Wildman–Crippen MR) is 205 cm³/mol. The zero-order valence-electron chi connectivity index (χ0n) is 29.1. The Labute approximate surface area is 312 Å². The van der Waals surface area contributed by atoms with Gasteiger partial charge in [-0.1, -0.05) is 115 Å². The molecule has 2 atom stereocenters. The lowest BCUT2D eigenvalue weighted by Crippen LogP contribution is -2.43. The van der Waals surface area contributed by atoms with Gasteiger partial charge in [0, 0.05) is 41.5 Å². The molecule has 3 N–H and O–H groups in total. The number of nitrogens with two attached hydrogens (primary N) is 1. The van der Waals surface area contributed by atoms with Crippen LogP contribution in [-0.4, -0.2) is 40.5 Å². The summed E-state index contributed by atoms with van der Waals surface area (Å²) in [5, 5.41) is 6.27. The highest BCUT2D eigenvalue weighted by Gasteiger charge is 2.28. The first-order valence-corrected chi connectivity index (χ1v) is 17.9. The van der Waals surface area contributed by atoms with Crippen LogP contribution in [0.4, 0.5) is 0 Å². The van der Waals surface area contributed by atoms with E-state index in [1.54, 1.807) is 6.20 Å². The zero-order valence-corrected chi connectivity index (χ0v) is 29.8. The molecular weight excluding hydrogens is 690 g/mol. The van der Waals surface area contributed by atoms with E-state index in [9.17, 15) is 19.2 Å². The molecule has 1 aromatic heterocycles. The number of nitrogens with one attached hydrogen (secondary N) is 1. The van der Waals surface area contributed by atoms with Gasteiger partial charge in [0.2, 0.25) is 5.91 Å². The Morgan fingerprint density at radius 2 is 1.47 bits per heavy atom. The Morgan fingerprint density at radius 3 is 2.25 bits per heavy atom. The molecule has 2 amide bonds. The van der Waals surface area contributed by atoms with E-state index in [2.05, 4.69) is 5.32 Å². The molecule has 6 rings (SSSR count). The summed E-state index contributed by atoms with van der Waals surface area (Å²) < 4.78 is 13.3. The van der Waals surface area contributed by atoms with Crippen LogP contribution >= 0.6 is 11.6 Å². The second-order valence-electron chi connectivity index (χ2n) is 13.0. The van der Waals surface area contributed by atoms with E-state index in [0.29, 0.717) is 22.5 Å². The number of amides is 2. The summed E-state index contributed by atoms with van der Waals surface area (Å²) in [4.78, 5) is 52.7. The van der Waals surface area contributed by atoms with Gasteiger partial charge in [0.15, 0.2) is 0 Å². The van der Waals surface area contributed by atoms with Gasteiger partial charge < -0.3 is 25.1 Å². The molecule has 270 valence electrons. The van der Waals surface area contributed by atoms with Gasteiger partial charge in [-0.2, -0.15) is 0 Å². The summed E-state index contributed by atoms with van der Waals surface area (Å²) in [5.41, 5.74) is 9.51. The molecule has 0 unspecified atom stereocenters. The lowest BCUT2D eigenvalue weighted by molar-refractivity contribution is -0.153. The highest BCUT2D eigenvalue weighted by atomic mass is 35.5. The van der Waals surface area contributed by atoms with Gasteiger partial charge in [-0.3, -0.25) is 14.4 Å². The fourth-order valence-electron chi connectivity index (χ4n) is 6.35. The van der Waals surface area contributed by atoms with Crippen LogP contribution in [0, 0.1) is 0 Å². The quantitative estimate of drug-likeness (QED) is 0.0991. The van der Waals surface area contributed by atoms with Gasteiger partial charge >= 0.3 is 11.9 Å². The number of aromatic nitrogens is 1. The normalized spacial score (nSPS) is 12.2. The van der Waals surface area contributed by atoms with Gasteiger partial charge in [0.05, 0.1) is 12.0 Å². The summed E-state index contributed by atoms with van der Waals surface area (Å²) in [5.74, 6) is -2.27. The fourth-order valence-corrected chi connectivity index (χ4v) is 6.47. The number of para-hydroxylation sites is 1. The van der Waals surface area contributed by atoms with E-state index in [-0.39, 0.29) is 38.7 Å². The first-order valence-electron chi connectivity index (χ1n) is 17.5. The number of rotatable bonds is 16. The minimum absolute atomic E-state index is 0.0225. The number of benzene rings is 5. The molecule has 53 heavy (non-hydrogen) atoms. The summed E-state index contributed by atoms with van der Waals surface area (Å²) in [6.07, 6.45) is 1.26. The minimum atomic E-state index is -1.13. The number of esters is 2. The van der Waals surface area contributed by atoms with Gasteiger partial charge in [0.25, 0.3) is 5.91 Å². The molecule has 0 fully saturated rings. The van der Waals surface area contributed by atoms with Crippen LogP contribution < -0.4 is 11.1 Å². The standard InChI is InChI=1S/C43H40ClN3O6/c44-34-21-18-29(19-22-34)26-47-27-37(36-13-6-7-15-39(36)47)42(50)46-38(14-8-16-41(49)52-28-30-9-2-1-3-10-30)43(51)53-35(25-40(45)48)24-31-17-20-32-11-4-5-12-33(32)23-31/h1-7,9-13,15,17-23,27,35,38H,8,14,16,24-26,28H2,(H2,45,48)(H,46,50)/t35-,38-/m0/s1.